The van der Waals surface area contributed by atoms with Crippen LogP contribution in [0.1, 0.15) is 41.0 Å². The van der Waals surface area contributed by atoms with E-state index in [1.54, 1.807) is 12.1 Å². The van der Waals surface area contributed by atoms with Crippen molar-refractivity contribution in [3.8, 4) is 0 Å². The molecule has 2 rings (SSSR count). The van der Waals surface area contributed by atoms with Crippen molar-refractivity contribution in [1.29, 1.82) is 0 Å². The lowest BCUT2D eigenvalue weighted by atomic mass is 9.81. The van der Waals surface area contributed by atoms with E-state index in [0.29, 0.717) is 10.9 Å². The van der Waals surface area contributed by atoms with Crippen LogP contribution in [0.15, 0.2) is 33.9 Å². The van der Waals surface area contributed by atoms with Crippen LogP contribution in [0.25, 0.3) is 10.9 Å². The summed E-state index contributed by atoms with van der Waals surface area (Å²) < 4.78 is 1.35. The number of aromatic amines is 1. The maximum Gasteiger partial charge on any atom is 0.329 e. The molecule has 0 radical (unpaired) electrons. The quantitative estimate of drug-likeness (QED) is 0.915. The van der Waals surface area contributed by atoms with Crippen molar-refractivity contribution in [2.75, 3.05) is 0 Å². The number of hydrogen-bond donors (Lipinski definition) is 1. The number of H-pyrrole nitrogens is 1. The molecule has 0 atom stereocenters. The van der Waals surface area contributed by atoms with Crippen LogP contribution in [0.3, 0.4) is 0 Å². The summed E-state index contributed by atoms with van der Waals surface area (Å²) in [7, 11) is 0. The van der Waals surface area contributed by atoms with Crippen molar-refractivity contribution < 1.29 is 0 Å². The first-order valence-electron chi connectivity index (χ1n) is 6.86. The van der Waals surface area contributed by atoms with E-state index in [4.69, 9.17) is 0 Å². The van der Waals surface area contributed by atoms with Crippen molar-refractivity contribution in [2.24, 2.45) is 5.41 Å². The highest BCUT2D eigenvalue weighted by atomic mass is 16.2. The van der Waals surface area contributed by atoms with Crippen molar-refractivity contribution in [3.05, 3.63) is 45.1 Å². The number of aromatic nitrogens is 2. The number of para-hydroxylation sites is 1. The van der Waals surface area contributed by atoms with Crippen LogP contribution in [0.5, 0.6) is 0 Å². The van der Waals surface area contributed by atoms with Gasteiger partial charge in [-0.1, -0.05) is 32.9 Å². The number of rotatable bonds is 2. The van der Waals surface area contributed by atoms with Crippen LogP contribution in [-0.4, -0.2) is 9.55 Å². The molecule has 2 aromatic rings. The van der Waals surface area contributed by atoms with Gasteiger partial charge in [0.05, 0.1) is 10.9 Å². The zero-order valence-electron chi connectivity index (χ0n) is 12.8. The second-order valence-corrected chi connectivity index (χ2v) is 7.17. The highest BCUT2D eigenvalue weighted by Gasteiger charge is 2.30. The Balaban J connectivity index is 2.72. The first kappa shape index (κ1) is 14.6. The van der Waals surface area contributed by atoms with E-state index < -0.39 is 5.54 Å². The Morgan fingerprint density at radius 1 is 1.05 bits per heavy atom. The van der Waals surface area contributed by atoms with Gasteiger partial charge in [0.1, 0.15) is 0 Å². The molecule has 20 heavy (non-hydrogen) atoms. The van der Waals surface area contributed by atoms with Gasteiger partial charge in [-0.2, -0.15) is 0 Å². The third kappa shape index (κ3) is 2.69. The van der Waals surface area contributed by atoms with E-state index in [2.05, 4.69) is 25.8 Å². The minimum Gasteiger partial charge on any atom is -0.307 e. The molecule has 0 amide bonds. The number of nitrogens with one attached hydrogen (secondary N) is 1. The summed E-state index contributed by atoms with van der Waals surface area (Å²) in [6, 6.07) is 7.11. The fraction of sp³-hybridized carbons (Fsp3) is 0.500. The van der Waals surface area contributed by atoms with Gasteiger partial charge >= 0.3 is 5.69 Å². The van der Waals surface area contributed by atoms with Crippen LogP contribution >= 0.6 is 0 Å². The lowest BCUT2D eigenvalue weighted by Gasteiger charge is -2.33. The van der Waals surface area contributed by atoms with Crippen molar-refractivity contribution in [1.82, 2.24) is 9.55 Å². The van der Waals surface area contributed by atoms with Gasteiger partial charge in [0, 0.05) is 5.54 Å². The van der Waals surface area contributed by atoms with Crippen LogP contribution in [0.2, 0.25) is 0 Å². The second kappa shape index (κ2) is 4.62. The second-order valence-electron chi connectivity index (χ2n) is 7.17. The summed E-state index contributed by atoms with van der Waals surface area (Å²) in [5.41, 5.74) is -0.486. The molecular formula is C16H22N2O2. The molecule has 0 aliphatic carbocycles. The van der Waals surface area contributed by atoms with Gasteiger partial charge in [-0.05, 0) is 37.8 Å². The van der Waals surface area contributed by atoms with E-state index in [1.807, 2.05) is 26.0 Å². The predicted octanol–water partition coefficient (Wildman–Crippen LogP) is 2.86. The highest BCUT2D eigenvalue weighted by molar-refractivity contribution is 5.76. The monoisotopic (exact) mass is 274 g/mol. The summed E-state index contributed by atoms with van der Waals surface area (Å²) in [4.78, 5) is 27.7. The first-order chi connectivity index (χ1) is 9.12. The number of hydrogen-bond acceptors (Lipinski definition) is 2. The maximum atomic E-state index is 12.6. The van der Waals surface area contributed by atoms with Gasteiger partial charge in [0.25, 0.3) is 5.56 Å². The van der Waals surface area contributed by atoms with E-state index in [1.165, 1.54) is 4.57 Å². The maximum absolute atomic E-state index is 12.6. The van der Waals surface area contributed by atoms with Crippen LogP contribution in [0.4, 0.5) is 0 Å². The first-order valence-corrected chi connectivity index (χ1v) is 6.86. The summed E-state index contributed by atoms with van der Waals surface area (Å²) in [6.45, 7) is 10.2. The molecule has 1 heterocycles. The summed E-state index contributed by atoms with van der Waals surface area (Å²) in [6.07, 6.45) is 0.737. The Labute approximate surface area is 118 Å². The third-order valence-corrected chi connectivity index (χ3v) is 3.37. The molecule has 0 saturated carbocycles. The molecule has 0 fully saturated rings. The molecule has 0 aliphatic rings. The molecule has 0 saturated heterocycles. The number of nitrogens with zero attached hydrogens (tertiary/aromatic N) is 1. The SMILES string of the molecule is CC(C)(C)CC(C)(C)n1c(=O)[nH]c2ccccc2c1=O. The lowest BCUT2D eigenvalue weighted by Crippen LogP contribution is -2.47. The van der Waals surface area contributed by atoms with Crippen molar-refractivity contribution >= 4 is 10.9 Å². The molecule has 1 aromatic carbocycles. The average Bonchev–Trinajstić information content (AvgIpc) is 2.25. The molecule has 1 aromatic heterocycles. The Morgan fingerprint density at radius 3 is 2.25 bits per heavy atom. The molecule has 0 spiro atoms. The minimum absolute atomic E-state index is 0.0288. The highest BCUT2D eigenvalue weighted by Crippen LogP contribution is 2.30. The minimum atomic E-state index is -0.535. The molecule has 108 valence electrons. The Kier molecular flexibility index (Phi) is 3.36. The topological polar surface area (TPSA) is 54.9 Å². The van der Waals surface area contributed by atoms with Gasteiger partial charge in [0.15, 0.2) is 0 Å². The smallest absolute Gasteiger partial charge is 0.307 e. The normalized spacial score (nSPS) is 12.8. The fourth-order valence-corrected chi connectivity index (χ4v) is 3.09. The lowest BCUT2D eigenvalue weighted by molar-refractivity contribution is 0.204. The van der Waals surface area contributed by atoms with E-state index in [-0.39, 0.29) is 16.7 Å². The molecule has 0 bridgehead atoms. The van der Waals surface area contributed by atoms with Crippen molar-refractivity contribution in [3.63, 3.8) is 0 Å². The molecule has 0 aliphatic heterocycles. The van der Waals surface area contributed by atoms with Crippen LogP contribution < -0.4 is 11.2 Å². The van der Waals surface area contributed by atoms with Gasteiger partial charge in [-0.3, -0.25) is 9.36 Å². The van der Waals surface area contributed by atoms with E-state index >= 15 is 0 Å². The number of fused-ring (bicyclic) bond motifs is 1. The van der Waals surface area contributed by atoms with Gasteiger partial charge in [0.2, 0.25) is 0 Å². The van der Waals surface area contributed by atoms with Crippen LogP contribution in [-0.2, 0) is 5.54 Å². The molecule has 4 nitrogen and oxygen atoms in total. The Bertz CT molecular complexity index is 745. The average molecular weight is 274 g/mol. The van der Waals surface area contributed by atoms with E-state index in [9.17, 15) is 9.59 Å². The summed E-state index contributed by atoms with van der Waals surface area (Å²) in [5, 5.41) is 0.550. The zero-order valence-corrected chi connectivity index (χ0v) is 12.8. The van der Waals surface area contributed by atoms with E-state index in [0.717, 1.165) is 6.42 Å². The predicted molar refractivity (Wildman–Crippen MR) is 82.2 cm³/mol. The molecule has 1 N–H and O–H groups in total. The van der Waals surface area contributed by atoms with Crippen LogP contribution in [0, 0.1) is 5.41 Å². The summed E-state index contributed by atoms with van der Waals surface area (Å²) >= 11 is 0. The van der Waals surface area contributed by atoms with Crippen molar-refractivity contribution in [2.45, 2.75) is 46.6 Å². The fourth-order valence-electron chi connectivity index (χ4n) is 3.09. The third-order valence-electron chi connectivity index (χ3n) is 3.37. The van der Waals surface area contributed by atoms with Gasteiger partial charge < -0.3 is 4.98 Å². The summed E-state index contributed by atoms with van der Waals surface area (Å²) in [5.74, 6) is 0. The van der Waals surface area contributed by atoms with Gasteiger partial charge in [-0.15, -0.1) is 0 Å². The number of benzene rings is 1. The Hall–Kier alpha value is -1.84. The molecular weight excluding hydrogens is 252 g/mol. The largest absolute Gasteiger partial charge is 0.329 e. The Morgan fingerprint density at radius 2 is 1.65 bits per heavy atom. The zero-order chi connectivity index (χ0) is 15.1. The molecule has 0 unspecified atom stereocenters. The standard InChI is InChI=1S/C16H22N2O2/c1-15(2,3)10-16(4,5)18-13(19)11-8-6-7-9-12(11)17-14(18)20/h6-9H,10H2,1-5H3,(H,17,20). The van der Waals surface area contributed by atoms with Gasteiger partial charge in [-0.25, -0.2) is 4.79 Å². The molecule has 4 heteroatoms.